The van der Waals surface area contributed by atoms with Gasteiger partial charge in [-0.05, 0) is 38.3 Å². The molecule has 5 nitrogen and oxygen atoms in total. The summed E-state index contributed by atoms with van der Waals surface area (Å²) in [4.78, 5) is 25.8. The summed E-state index contributed by atoms with van der Waals surface area (Å²) < 4.78 is 0. The maximum atomic E-state index is 12.1. The molecule has 1 saturated heterocycles. The van der Waals surface area contributed by atoms with E-state index >= 15 is 0 Å². The first-order chi connectivity index (χ1) is 10.5. The van der Waals surface area contributed by atoms with Crippen molar-refractivity contribution < 1.29 is 14.7 Å². The Morgan fingerprint density at radius 3 is 2.86 bits per heavy atom. The Morgan fingerprint density at radius 1 is 1.45 bits per heavy atom. The highest BCUT2D eigenvalue weighted by Crippen LogP contribution is 2.19. The summed E-state index contributed by atoms with van der Waals surface area (Å²) in [6.45, 7) is 5.26. The number of hydrogen-bond acceptors (Lipinski definition) is 3. The first kappa shape index (κ1) is 16.3. The normalized spacial score (nSPS) is 15.9. The molecule has 0 radical (unpaired) electrons. The van der Waals surface area contributed by atoms with Gasteiger partial charge in [0.2, 0.25) is 5.91 Å². The number of carbonyl (C=O) groups is 2. The lowest BCUT2D eigenvalue weighted by Gasteiger charge is -2.26. The van der Waals surface area contributed by atoms with E-state index in [0.717, 1.165) is 31.4 Å². The van der Waals surface area contributed by atoms with E-state index in [4.69, 9.17) is 0 Å². The largest absolute Gasteiger partial charge is 0.507 e. The molecular formula is C17H24N2O3. The minimum Gasteiger partial charge on any atom is -0.507 e. The van der Waals surface area contributed by atoms with Crippen molar-refractivity contribution in [2.45, 2.75) is 45.6 Å². The number of aromatic hydroxyl groups is 1. The Bertz CT molecular complexity index is 557. The molecule has 0 aromatic heterocycles. The number of nitrogens with one attached hydrogen (secondary N) is 1. The van der Waals surface area contributed by atoms with Crippen molar-refractivity contribution in [3.05, 3.63) is 29.3 Å². The molecule has 2 amide bonds. The Hall–Kier alpha value is -2.04. The van der Waals surface area contributed by atoms with Crippen LogP contribution in [0.5, 0.6) is 5.75 Å². The Morgan fingerprint density at radius 2 is 2.23 bits per heavy atom. The fourth-order valence-electron chi connectivity index (χ4n) is 2.91. The Labute approximate surface area is 131 Å². The maximum Gasteiger partial charge on any atom is 0.255 e. The number of phenols is 1. The van der Waals surface area contributed by atoms with E-state index in [9.17, 15) is 14.7 Å². The number of carbonyl (C=O) groups excluding carboxylic acids is 2. The first-order valence-corrected chi connectivity index (χ1v) is 7.90. The molecule has 1 aliphatic heterocycles. The fourth-order valence-corrected chi connectivity index (χ4v) is 2.91. The highest BCUT2D eigenvalue weighted by Gasteiger charge is 2.26. The molecule has 1 heterocycles. The Balaban J connectivity index is 1.88. The lowest BCUT2D eigenvalue weighted by atomic mass is 10.1. The number of hydrogen-bond donors (Lipinski definition) is 2. The topological polar surface area (TPSA) is 69.6 Å². The zero-order valence-electron chi connectivity index (χ0n) is 13.3. The average molecular weight is 304 g/mol. The summed E-state index contributed by atoms with van der Waals surface area (Å²) in [5.74, 6) is -0.0665. The van der Waals surface area contributed by atoms with Crippen LogP contribution in [-0.4, -0.2) is 41.0 Å². The quantitative estimate of drug-likeness (QED) is 0.846. The van der Waals surface area contributed by atoms with Gasteiger partial charge in [-0.2, -0.15) is 0 Å². The molecule has 0 saturated carbocycles. The molecule has 0 aliphatic carbocycles. The van der Waals surface area contributed by atoms with Gasteiger partial charge in [-0.3, -0.25) is 9.59 Å². The predicted molar refractivity (Wildman–Crippen MR) is 84.8 cm³/mol. The summed E-state index contributed by atoms with van der Waals surface area (Å²) in [5, 5.41) is 12.6. The third-order valence-corrected chi connectivity index (χ3v) is 4.18. The van der Waals surface area contributed by atoms with Crippen LogP contribution in [0.2, 0.25) is 0 Å². The maximum absolute atomic E-state index is 12.1. The SMILES string of the molecule is CC[C@H](CCNC(=O)c1cc(C)ccc1O)N1CCCC1=O. The van der Waals surface area contributed by atoms with Crippen molar-refractivity contribution >= 4 is 11.8 Å². The highest BCUT2D eigenvalue weighted by molar-refractivity contribution is 5.96. The van der Waals surface area contributed by atoms with Crippen molar-refractivity contribution in [2.24, 2.45) is 0 Å². The van der Waals surface area contributed by atoms with Gasteiger partial charge in [-0.15, -0.1) is 0 Å². The van der Waals surface area contributed by atoms with E-state index in [1.165, 1.54) is 6.07 Å². The minimum absolute atomic E-state index is 0.00939. The van der Waals surface area contributed by atoms with Crippen molar-refractivity contribution in [3.63, 3.8) is 0 Å². The van der Waals surface area contributed by atoms with Crippen LogP contribution in [0.1, 0.15) is 48.5 Å². The minimum atomic E-state index is -0.274. The Kier molecular flexibility index (Phi) is 5.41. The average Bonchev–Trinajstić information content (AvgIpc) is 2.92. The summed E-state index contributed by atoms with van der Waals surface area (Å²) in [6.07, 6.45) is 3.19. The summed E-state index contributed by atoms with van der Waals surface area (Å²) in [7, 11) is 0. The van der Waals surface area contributed by atoms with Gasteiger partial charge < -0.3 is 15.3 Å². The first-order valence-electron chi connectivity index (χ1n) is 7.90. The van der Waals surface area contributed by atoms with Crippen LogP contribution < -0.4 is 5.32 Å². The zero-order valence-corrected chi connectivity index (χ0v) is 13.3. The molecule has 1 fully saturated rings. The van der Waals surface area contributed by atoms with Crippen LogP contribution in [0.15, 0.2) is 18.2 Å². The number of rotatable bonds is 6. The molecule has 1 aromatic rings. The van der Waals surface area contributed by atoms with E-state index < -0.39 is 0 Å². The van der Waals surface area contributed by atoms with Gasteiger partial charge in [0.05, 0.1) is 5.56 Å². The third kappa shape index (κ3) is 3.78. The van der Waals surface area contributed by atoms with E-state index in [0.29, 0.717) is 18.5 Å². The standard InChI is InChI=1S/C17H24N2O3/c1-3-13(19-10-4-5-16(19)21)8-9-18-17(22)14-11-12(2)6-7-15(14)20/h6-7,11,13,20H,3-5,8-10H2,1-2H3,(H,18,22)/t13-/m1/s1. The van der Waals surface area contributed by atoms with Crippen LogP contribution in [0.25, 0.3) is 0 Å². The molecule has 120 valence electrons. The molecule has 2 rings (SSSR count). The summed E-state index contributed by atoms with van der Waals surface area (Å²) >= 11 is 0. The number of nitrogens with zero attached hydrogens (tertiary/aromatic N) is 1. The highest BCUT2D eigenvalue weighted by atomic mass is 16.3. The zero-order chi connectivity index (χ0) is 16.1. The van der Waals surface area contributed by atoms with E-state index in [1.54, 1.807) is 12.1 Å². The summed E-state index contributed by atoms with van der Waals surface area (Å²) in [5.41, 5.74) is 1.22. The van der Waals surface area contributed by atoms with Gasteiger partial charge in [-0.25, -0.2) is 0 Å². The number of likely N-dealkylation sites (tertiary alicyclic amines) is 1. The second-order valence-corrected chi connectivity index (χ2v) is 5.82. The van der Waals surface area contributed by atoms with Crippen molar-refractivity contribution in [3.8, 4) is 5.75 Å². The molecule has 0 spiro atoms. The third-order valence-electron chi connectivity index (χ3n) is 4.18. The molecule has 1 aromatic carbocycles. The molecule has 0 bridgehead atoms. The van der Waals surface area contributed by atoms with Gasteiger partial charge in [0.1, 0.15) is 5.75 Å². The van der Waals surface area contributed by atoms with Gasteiger partial charge in [0, 0.05) is 25.6 Å². The molecule has 1 aliphatic rings. The van der Waals surface area contributed by atoms with E-state index in [1.807, 2.05) is 11.8 Å². The number of aryl methyl sites for hydroxylation is 1. The van der Waals surface area contributed by atoms with Crippen LogP contribution in [-0.2, 0) is 4.79 Å². The van der Waals surface area contributed by atoms with Crippen LogP contribution in [0.3, 0.4) is 0 Å². The van der Waals surface area contributed by atoms with Gasteiger partial charge in [0.15, 0.2) is 0 Å². The molecular weight excluding hydrogens is 280 g/mol. The number of amides is 2. The second-order valence-electron chi connectivity index (χ2n) is 5.82. The predicted octanol–water partition coefficient (Wildman–Crippen LogP) is 2.22. The van der Waals surface area contributed by atoms with Crippen LogP contribution >= 0.6 is 0 Å². The monoisotopic (exact) mass is 304 g/mol. The summed E-state index contributed by atoms with van der Waals surface area (Å²) in [6, 6.07) is 5.15. The lowest BCUT2D eigenvalue weighted by Crippen LogP contribution is -2.38. The molecule has 2 N–H and O–H groups in total. The molecule has 5 heteroatoms. The van der Waals surface area contributed by atoms with Crippen LogP contribution in [0.4, 0.5) is 0 Å². The molecule has 22 heavy (non-hydrogen) atoms. The molecule has 0 unspecified atom stereocenters. The smallest absolute Gasteiger partial charge is 0.255 e. The van der Waals surface area contributed by atoms with Crippen molar-refractivity contribution in [2.75, 3.05) is 13.1 Å². The lowest BCUT2D eigenvalue weighted by molar-refractivity contribution is -0.129. The van der Waals surface area contributed by atoms with Gasteiger partial charge in [0.25, 0.3) is 5.91 Å². The van der Waals surface area contributed by atoms with Gasteiger partial charge >= 0.3 is 0 Å². The van der Waals surface area contributed by atoms with E-state index in [-0.39, 0.29) is 23.6 Å². The van der Waals surface area contributed by atoms with Crippen molar-refractivity contribution in [1.82, 2.24) is 10.2 Å². The fraction of sp³-hybridized carbons (Fsp3) is 0.529. The second kappa shape index (κ2) is 7.29. The van der Waals surface area contributed by atoms with Gasteiger partial charge in [-0.1, -0.05) is 18.6 Å². The van der Waals surface area contributed by atoms with Crippen molar-refractivity contribution in [1.29, 1.82) is 0 Å². The van der Waals surface area contributed by atoms with E-state index in [2.05, 4.69) is 12.2 Å². The van der Waals surface area contributed by atoms with Crippen LogP contribution in [0, 0.1) is 6.92 Å². The number of benzene rings is 1. The number of phenolic OH excluding ortho intramolecular Hbond substituents is 1. The molecule has 1 atom stereocenters.